The Kier molecular flexibility index (Phi) is 3.73. The van der Waals surface area contributed by atoms with Crippen LogP contribution in [0, 0.1) is 0 Å². The van der Waals surface area contributed by atoms with Crippen LogP contribution in [0.4, 0.5) is 11.4 Å². The van der Waals surface area contributed by atoms with Gasteiger partial charge >= 0.3 is 0 Å². The first-order valence-electron chi connectivity index (χ1n) is 8.01. The van der Waals surface area contributed by atoms with Gasteiger partial charge in [0.1, 0.15) is 0 Å². The van der Waals surface area contributed by atoms with Crippen LogP contribution in [-0.2, 0) is 0 Å². The minimum absolute atomic E-state index is 0.963. The molecule has 2 N–H and O–H groups in total. The summed E-state index contributed by atoms with van der Waals surface area (Å²) in [7, 11) is 0. The largest absolute Gasteiger partial charge is 0.280 e. The summed E-state index contributed by atoms with van der Waals surface area (Å²) >= 11 is 0. The summed E-state index contributed by atoms with van der Waals surface area (Å²) in [6, 6.07) is 33.2. The van der Waals surface area contributed by atoms with Gasteiger partial charge in [-0.2, -0.15) is 0 Å². The molecule has 0 spiro atoms. The number of rotatable bonds is 3. The second-order valence-electron chi connectivity index (χ2n) is 5.78. The van der Waals surface area contributed by atoms with Gasteiger partial charge in [-0.3, -0.25) is 5.01 Å². The third kappa shape index (κ3) is 2.64. The molecule has 0 aliphatic carbocycles. The molecule has 4 rings (SSSR count). The van der Waals surface area contributed by atoms with E-state index in [0.29, 0.717) is 0 Å². The van der Waals surface area contributed by atoms with Crippen molar-refractivity contribution in [3.05, 3.63) is 97.1 Å². The van der Waals surface area contributed by atoms with Gasteiger partial charge in [-0.25, -0.2) is 5.84 Å². The highest BCUT2D eigenvalue weighted by atomic mass is 15.4. The van der Waals surface area contributed by atoms with Crippen LogP contribution in [0.5, 0.6) is 0 Å². The van der Waals surface area contributed by atoms with Crippen molar-refractivity contribution >= 4 is 22.1 Å². The molecule has 0 amide bonds. The number of benzene rings is 4. The molecule has 0 saturated carbocycles. The highest BCUT2D eigenvalue weighted by molar-refractivity contribution is 5.96. The third-order valence-corrected chi connectivity index (χ3v) is 4.28. The van der Waals surface area contributed by atoms with Crippen LogP contribution in [0.3, 0.4) is 0 Å². The summed E-state index contributed by atoms with van der Waals surface area (Å²) in [5.41, 5.74) is 4.36. The fraction of sp³-hybridized carbons (Fsp3) is 0. The van der Waals surface area contributed by atoms with E-state index in [2.05, 4.69) is 66.7 Å². The normalized spacial score (nSPS) is 10.7. The van der Waals surface area contributed by atoms with Gasteiger partial charge in [0.2, 0.25) is 0 Å². The molecular weight excluding hydrogens is 292 g/mol. The molecule has 2 nitrogen and oxygen atoms in total. The van der Waals surface area contributed by atoms with Crippen LogP contribution in [0.2, 0.25) is 0 Å². The molecule has 4 aromatic carbocycles. The van der Waals surface area contributed by atoms with Gasteiger partial charge in [0, 0.05) is 0 Å². The van der Waals surface area contributed by atoms with Crippen LogP contribution >= 0.6 is 0 Å². The van der Waals surface area contributed by atoms with E-state index in [4.69, 9.17) is 5.84 Å². The molecule has 2 heteroatoms. The van der Waals surface area contributed by atoms with Crippen molar-refractivity contribution in [2.75, 3.05) is 5.01 Å². The Labute approximate surface area is 141 Å². The fourth-order valence-corrected chi connectivity index (χ4v) is 3.02. The van der Waals surface area contributed by atoms with Crippen LogP contribution < -0.4 is 10.9 Å². The Morgan fingerprint density at radius 2 is 1.17 bits per heavy atom. The minimum Gasteiger partial charge on any atom is -0.280 e. The number of hydrazine groups is 1. The average Bonchev–Trinajstić information content (AvgIpc) is 2.68. The maximum absolute atomic E-state index is 6.23. The molecule has 0 aliphatic heterocycles. The van der Waals surface area contributed by atoms with E-state index in [9.17, 15) is 0 Å². The summed E-state index contributed by atoms with van der Waals surface area (Å²) in [5, 5.41) is 4.22. The SMILES string of the molecule is NN(c1ccccc1)c1ccc(-c2cccc3ccccc23)cc1. The fourth-order valence-electron chi connectivity index (χ4n) is 3.02. The van der Waals surface area contributed by atoms with E-state index in [0.717, 1.165) is 11.4 Å². The number of anilines is 2. The van der Waals surface area contributed by atoms with Crippen molar-refractivity contribution in [2.45, 2.75) is 0 Å². The lowest BCUT2D eigenvalue weighted by atomic mass is 9.98. The number of para-hydroxylation sites is 1. The van der Waals surface area contributed by atoms with Crippen molar-refractivity contribution in [1.29, 1.82) is 0 Å². The Morgan fingerprint density at radius 1 is 0.542 bits per heavy atom. The van der Waals surface area contributed by atoms with Gasteiger partial charge in [0.15, 0.2) is 0 Å². The Balaban J connectivity index is 1.71. The lowest BCUT2D eigenvalue weighted by molar-refractivity contribution is 1.09. The Bertz CT molecular complexity index is 955. The number of hydrogen-bond donors (Lipinski definition) is 1. The van der Waals surface area contributed by atoms with Gasteiger partial charge in [-0.1, -0.05) is 72.8 Å². The molecule has 0 radical (unpaired) electrons. The maximum Gasteiger partial charge on any atom is 0.0575 e. The highest BCUT2D eigenvalue weighted by Gasteiger charge is 2.06. The van der Waals surface area contributed by atoms with Crippen molar-refractivity contribution in [3.63, 3.8) is 0 Å². The molecule has 0 bridgehead atoms. The lowest BCUT2D eigenvalue weighted by Crippen LogP contribution is -2.24. The second-order valence-corrected chi connectivity index (χ2v) is 5.78. The van der Waals surface area contributed by atoms with E-state index in [1.807, 2.05) is 30.3 Å². The summed E-state index contributed by atoms with van der Waals surface area (Å²) in [6.07, 6.45) is 0. The molecular formula is C22H18N2. The second kappa shape index (κ2) is 6.19. The predicted octanol–water partition coefficient (Wildman–Crippen LogP) is 5.52. The number of hydrogen-bond acceptors (Lipinski definition) is 2. The predicted molar refractivity (Wildman–Crippen MR) is 102 cm³/mol. The molecule has 0 aromatic heterocycles. The van der Waals surface area contributed by atoms with E-state index in [-0.39, 0.29) is 0 Å². The zero-order valence-electron chi connectivity index (χ0n) is 13.3. The van der Waals surface area contributed by atoms with Gasteiger partial charge < -0.3 is 0 Å². The van der Waals surface area contributed by atoms with E-state index < -0.39 is 0 Å². The Hall–Kier alpha value is -3.10. The van der Waals surface area contributed by atoms with Crippen molar-refractivity contribution < 1.29 is 0 Å². The first kappa shape index (κ1) is 14.5. The summed E-state index contributed by atoms with van der Waals surface area (Å²) in [4.78, 5) is 0. The maximum atomic E-state index is 6.23. The van der Waals surface area contributed by atoms with Gasteiger partial charge in [-0.05, 0) is 46.2 Å². The van der Waals surface area contributed by atoms with Crippen LogP contribution in [0.25, 0.3) is 21.9 Å². The highest BCUT2D eigenvalue weighted by Crippen LogP contribution is 2.30. The molecule has 0 unspecified atom stereocenters. The molecule has 116 valence electrons. The molecule has 0 aliphatic rings. The zero-order valence-corrected chi connectivity index (χ0v) is 13.3. The molecule has 0 heterocycles. The van der Waals surface area contributed by atoms with Crippen molar-refractivity contribution in [2.24, 2.45) is 5.84 Å². The van der Waals surface area contributed by atoms with Crippen LogP contribution in [-0.4, -0.2) is 0 Å². The molecule has 0 fully saturated rings. The number of nitrogens with two attached hydrogens (primary N) is 1. The van der Waals surface area contributed by atoms with Crippen LogP contribution in [0.1, 0.15) is 0 Å². The topological polar surface area (TPSA) is 29.3 Å². The van der Waals surface area contributed by atoms with Crippen molar-refractivity contribution in [1.82, 2.24) is 0 Å². The standard InChI is InChI=1S/C22H18N2/c23-24(19-9-2-1-3-10-19)20-15-13-18(14-16-20)22-12-6-8-17-7-4-5-11-21(17)22/h1-16H,23H2. The first-order valence-corrected chi connectivity index (χ1v) is 8.01. The quantitative estimate of drug-likeness (QED) is 0.399. The number of nitrogens with zero attached hydrogens (tertiary/aromatic N) is 1. The van der Waals surface area contributed by atoms with Gasteiger partial charge in [0.05, 0.1) is 11.4 Å². The molecule has 24 heavy (non-hydrogen) atoms. The Morgan fingerprint density at radius 3 is 1.96 bits per heavy atom. The van der Waals surface area contributed by atoms with Gasteiger partial charge in [-0.15, -0.1) is 0 Å². The average molecular weight is 310 g/mol. The van der Waals surface area contributed by atoms with E-state index in [1.165, 1.54) is 21.9 Å². The molecule has 0 saturated heterocycles. The molecule has 4 aromatic rings. The molecule has 0 atom stereocenters. The number of fused-ring (bicyclic) bond motifs is 1. The first-order chi connectivity index (χ1) is 11.8. The lowest BCUT2D eigenvalue weighted by Gasteiger charge is -2.19. The zero-order chi connectivity index (χ0) is 16.4. The third-order valence-electron chi connectivity index (χ3n) is 4.28. The van der Waals surface area contributed by atoms with E-state index in [1.54, 1.807) is 5.01 Å². The smallest absolute Gasteiger partial charge is 0.0575 e. The summed E-state index contributed by atoms with van der Waals surface area (Å²) in [5.74, 6) is 6.23. The monoisotopic (exact) mass is 310 g/mol. The summed E-state index contributed by atoms with van der Waals surface area (Å²) < 4.78 is 0. The van der Waals surface area contributed by atoms with E-state index >= 15 is 0 Å². The van der Waals surface area contributed by atoms with Crippen molar-refractivity contribution in [3.8, 4) is 11.1 Å². The summed E-state index contributed by atoms with van der Waals surface area (Å²) in [6.45, 7) is 0. The van der Waals surface area contributed by atoms with Gasteiger partial charge in [0.25, 0.3) is 0 Å². The minimum atomic E-state index is 0.963. The van der Waals surface area contributed by atoms with Crippen LogP contribution in [0.15, 0.2) is 97.1 Å².